The van der Waals surface area contributed by atoms with Gasteiger partial charge in [0.1, 0.15) is 0 Å². The lowest BCUT2D eigenvalue weighted by molar-refractivity contribution is -0.113. The lowest BCUT2D eigenvalue weighted by atomic mass is 9.95. The lowest BCUT2D eigenvalue weighted by Crippen LogP contribution is -2.49. The number of carbonyl (C=O) groups is 1. The molecule has 1 atom stereocenters. The summed E-state index contributed by atoms with van der Waals surface area (Å²) < 4.78 is 2.05. The molecule has 0 radical (unpaired) electrons. The number of amidine groups is 1. The highest BCUT2D eigenvalue weighted by Gasteiger charge is 2.35. The molecule has 3 aliphatic rings. The second kappa shape index (κ2) is 11.4. The topological polar surface area (TPSA) is 79.5 Å². The number of aromatic nitrogens is 4. The van der Waals surface area contributed by atoms with Crippen LogP contribution < -0.4 is 0 Å². The Kier molecular flexibility index (Phi) is 7.58. The molecule has 38 heavy (non-hydrogen) atoms. The zero-order chi connectivity index (χ0) is 25.9. The molecule has 1 saturated carbocycles. The Morgan fingerprint density at radius 2 is 1.68 bits per heavy atom. The van der Waals surface area contributed by atoms with E-state index in [9.17, 15) is 4.79 Å². The molecule has 1 saturated heterocycles. The van der Waals surface area contributed by atoms with Crippen LogP contribution in [0.1, 0.15) is 61.1 Å². The van der Waals surface area contributed by atoms with E-state index in [4.69, 9.17) is 11.6 Å². The van der Waals surface area contributed by atoms with Gasteiger partial charge in [0.2, 0.25) is 0 Å². The average Bonchev–Trinajstić information content (AvgIpc) is 3.58. The van der Waals surface area contributed by atoms with Gasteiger partial charge in [0.25, 0.3) is 5.91 Å². The Bertz CT molecular complexity index is 1340. The van der Waals surface area contributed by atoms with Gasteiger partial charge in [0.15, 0.2) is 11.0 Å². The maximum atomic E-state index is 12.6. The van der Waals surface area contributed by atoms with Crippen LogP contribution in [0.15, 0.2) is 64.5 Å². The van der Waals surface area contributed by atoms with Gasteiger partial charge in [-0.2, -0.15) is 4.99 Å². The molecule has 0 N–H and O–H groups in total. The van der Waals surface area contributed by atoms with Crippen molar-refractivity contribution < 1.29 is 4.79 Å². The number of rotatable bonds is 5. The summed E-state index contributed by atoms with van der Waals surface area (Å²) in [6.07, 6.45) is 7.81. The number of hydrogen-bond donors (Lipinski definition) is 0. The highest BCUT2D eigenvalue weighted by atomic mass is 35.5. The fraction of sp³-hybridized carbons (Fsp3) is 0.393. The van der Waals surface area contributed by atoms with Crippen molar-refractivity contribution in [3.63, 3.8) is 0 Å². The monoisotopic (exact) mass is 547 g/mol. The molecule has 10 heteroatoms. The van der Waals surface area contributed by atoms with Crippen LogP contribution in [-0.2, 0) is 4.79 Å². The van der Waals surface area contributed by atoms with E-state index in [0.29, 0.717) is 10.9 Å². The van der Waals surface area contributed by atoms with E-state index in [-0.39, 0.29) is 11.9 Å². The SMILES string of the molecule is O=C1N=C(N2CCN(C(c3ccccc3Cl)c3nnnn3C3CCCCC3)CC2)S/C1=C\c1ccccc1. The van der Waals surface area contributed by atoms with Crippen molar-refractivity contribution in [2.75, 3.05) is 26.2 Å². The molecule has 3 heterocycles. The van der Waals surface area contributed by atoms with Crippen molar-refractivity contribution in [3.8, 4) is 0 Å². The van der Waals surface area contributed by atoms with Crippen LogP contribution in [0.25, 0.3) is 6.08 Å². The van der Waals surface area contributed by atoms with Crippen molar-refractivity contribution in [1.29, 1.82) is 0 Å². The molecule has 8 nitrogen and oxygen atoms in total. The summed E-state index contributed by atoms with van der Waals surface area (Å²) in [5.74, 6) is 0.686. The fourth-order valence-electron chi connectivity index (χ4n) is 5.57. The molecule has 6 rings (SSSR count). The van der Waals surface area contributed by atoms with E-state index in [2.05, 4.69) is 41.1 Å². The van der Waals surface area contributed by atoms with Gasteiger partial charge in [-0.1, -0.05) is 79.4 Å². The molecular weight excluding hydrogens is 518 g/mol. The van der Waals surface area contributed by atoms with E-state index in [1.165, 1.54) is 31.0 Å². The van der Waals surface area contributed by atoms with E-state index >= 15 is 0 Å². The summed E-state index contributed by atoms with van der Waals surface area (Å²) in [4.78, 5) is 22.3. The van der Waals surface area contributed by atoms with Gasteiger partial charge < -0.3 is 4.90 Å². The van der Waals surface area contributed by atoms with Crippen molar-refractivity contribution in [3.05, 3.63) is 81.5 Å². The summed E-state index contributed by atoms with van der Waals surface area (Å²) in [6, 6.07) is 18.1. The van der Waals surface area contributed by atoms with E-state index in [1.54, 1.807) is 0 Å². The third-order valence-corrected chi connectivity index (χ3v) is 8.93. The first-order chi connectivity index (χ1) is 18.7. The molecular formula is C28H30ClN7OS. The van der Waals surface area contributed by atoms with Crippen LogP contribution in [0.3, 0.4) is 0 Å². The Morgan fingerprint density at radius 1 is 0.947 bits per heavy atom. The van der Waals surface area contributed by atoms with Crippen LogP contribution >= 0.6 is 23.4 Å². The number of tetrazole rings is 1. The van der Waals surface area contributed by atoms with E-state index in [0.717, 1.165) is 66.2 Å². The number of hydrogen-bond acceptors (Lipinski definition) is 7. The number of benzene rings is 2. The minimum Gasteiger partial charge on any atom is -0.348 e. The van der Waals surface area contributed by atoms with Crippen LogP contribution in [0, 0.1) is 0 Å². The molecule has 3 aromatic rings. The first kappa shape index (κ1) is 25.3. The normalized spacial score (nSPS) is 21.2. The van der Waals surface area contributed by atoms with Crippen molar-refractivity contribution in [2.24, 2.45) is 4.99 Å². The summed E-state index contributed by atoms with van der Waals surface area (Å²) in [5, 5.41) is 14.6. The second-order valence-electron chi connectivity index (χ2n) is 9.94. The molecule has 2 aliphatic heterocycles. The Balaban J connectivity index is 1.21. The van der Waals surface area contributed by atoms with Gasteiger partial charge in [-0.3, -0.25) is 9.69 Å². The van der Waals surface area contributed by atoms with Crippen molar-refractivity contribution >= 4 is 40.5 Å². The number of aliphatic imine (C=N–C) groups is 1. The van der Waals surface area contributed by atoms with Gasteiger partial charge in [0, 0.05) is 31.2 Å². The first-order valence-electron chi connectivity index (χ1n) is 13.3. The van der Waals surface area contributed by atoms with Gasteiger partial charge in [-0.05, 0) is 58.3 Å². The predicted molar refractivity (Wildman–Crippen MR) is 151 cm³/mol. The smallest absolute Gasteiger partial charge is 0.286 e. The van der Waals surface area contributed by atoms with Crippen LogP contribution in [-0.4, -0.2) is 67.3 Å². The summed E-state index contributed by atoms with van der Waals surface area (Å²) in [6.45, 7) is 3.06. The molecule has 1 aromatic heterocycles. The Hall–Kier alpha value is -3.01. The highest BCUT2D eigenvalue weighted by molar-refractivity contribution is 8.18. The molecule has 0 bridgehead atoms. The summed E-state index contributed by atoms with van der Waals surface area (Å²) in [5.41, 5.74) is 2.02. The molecule has 1 aliphatic carbocycles. The van der Waals surface area contributed by atoms with Crippen LogP contribution in [0.2, 0.25) is 5.02 Å². The maximum absolute atomic E-state index is 12.6. The zero-order valence-electron chi connectivity index (χ0n) is 21.1. The largest absolute Gasteiger partial charge is 0.348 e. The van der Waals surface area contributed by atoms with Crippen LogP contribution in [0.5, 0.6) is 0 Å². The standard InChI is InChI=1S/C28H30ClN7OS/c29-23-14-8-7-13-22(23)25(26-31-32-33-36(26)21-11-5-2-6-12-21)34-15-17-35(18-16-34)28-30-27(37)24(38-28)19-20-9-3-1-4-10-20/h1,3-4,7-10,13-14,19,21,25H,2,5-6,11-12,15-18H2/b24-19-. The van der Waals surface area contributed by atoms with Gasteiger partial charge in [-0.25, -0.2) is 4.68 Å². The number of carbonyl (C=O) groups excluding carboxylic acids is 1. The van der Waals surface area contributed by atoms with Gasteiger partial charge in [0.05, 0.1) is 17.0 Å². The number of halogens is 1. The molecule has 2 fully saturated rings. The third kappa shape index (κ3) is 5.28. The number of piperazine rings is 1. The summed E-state index contributed by atoms with van der Waals surface area (Å²) in [7, 11) is 0. The van der Waals surface area contributed by atoms with Crippen molar-refractivity contribution in [2.45, 2.75) is 44.2 Å². The maximum Gasteiger partial charge on any atom is 0.286 e. The van der Waals surface area contributed by atoms with Crippen molar-refractivity contribution in [1.82, 2.24) is 30.0 Å². The molecule has 1 amide bonds. The first-order valence-corrected chi connectivity index (χ1v) is 14.5. The molecule has 2 aromatic carbocycles. The lowest BCUT2D eigenvalue weighted by Gasteiger charge is -2.40. The molecule has 0 spiro atoms. The average molecular weight is 548 g/mol. The number of amides is 1. The summed E-state index contributed by atoms with van der Waals surface area (Å²) >= 11 is 8.20. The molecule has 196 valence electrons. The fourth-order valence-corrected chi connectivity index (χ4v) is 6.77. The Morgan fingerprint density at radius 3 is 2.45 bits per heavy atom. The minimum absolute atomic E-state index is 0.142. The van der Waals surface area contributed by atoms with Gasteiger partial charge >= 0.3 is 0 Å². The molecule has 1 unspecified atom stereocenters. The van der Waals surface area contributed by atoms with Crippen LogP contribution in [0.4, 0.5) is 0 Å². The zero-order valence-corrected chi connectivity index (χ0v) is 22.7. The number of thioether (sulfide) groups is 1. The highest BCUT2D eigenvalue weighted by Crippen LogP contribution is 2.37. The van der Waals surface area contributed by atoms with E-state index in [1.807, 2.05) is 54.6 Å². The minimum atomic E-state index is -0.170. The Labute approximate surface area is 231 Å². The predicted octanol–water partition coefficient (Wildman–Crippen LogP) is 5.21. The number of nitrogens with zero attached hydrogens (tertiary/aromatic N) is 7. The van der Waals surface area contributed by atoms with Gasteiger partial charge in [-0.15, -0.1) is 5.10 Å². The second-order valence-corrected chi connectivity index (χ2v) is 11.4. The third-order valence-electron chi connectivity index (χ3n) is 7.54. The quantitative estimate of drug-likeness (QED) is 0.406. The van der Waals surface area contributed by atoms with E-state index < -0.39 is 0 Å².